The Balaban J connectivity index is 2.61. The molecule has 0 radical (unpaired) electrons. The summed E-state index contributed by atoms with van der Waals surface area (Å²) in [6, 6.07) is 0. The molecule has 4 N–H and O–H groups in total. The third kappa shape index (κ3) is 7.02. The van der Waals surface area contributed by atoms with Gasteiger partial charge in [-0.1, -0.05) is 20.8 Å². The average molecular weight is 398 g/mol. The number of phosphoric ester groups is 1. The smallest absolute Gasteiger partial charge is 0.372 e. The van der Waals surface area contributed by atoms with Crippen molar-refractivity contribution in [3.05, 3.63) is 0 Å². The summed E-state index contributed by atoms with van der Waals surface area (Å²) in [5.74, 6) is 0.196. The molecule has 1 aliphatic rings. The maximum absolute atomic E-state index is 11.6. The lowest BCUT2D eigenvalue weighted by Crippen LogP contribution is -2.21. The molecule has 0 aromatic rings. The molecule has 0 spiro atoms. The Morgan fingerprint density at radius 3 is 1.87 bits per heavy atom. The molecule has 1 rings (SSSR count). The topological polar surface area (TPSA) is 169 Å². The molecule has 0 amide bonds. The minimum atomic E-state index is -5.48. The predicted molar refractivity (Wildman–Crippen MR) is 77.1 cm³/mol. The van der Waals surface area contributed by atoms with Crippen molar-refractivity contribution in [2.75, 3.05) is 6.61 Å². The van der Waals surface area contributed by atoms with Crippen LogP contribution in [-0.2, 0) is 31.6 Å². The van der Waals surface area contributed by atoms with Crippen LogP contribution in [0.5, 0.6) is 0 Å². The zero-order valence-corrected chi connectivity index (χ0v) is 15.4. The van der Waals surface area contributed by atoms with E-state index in [1.807, 2.05) is 20.8 Å². The summed E-state index contributed by atoms with van der Waals surface area (Å²) >= 11 is 0. The Labute approximate surface area is 133 Å². The van der Waals surface area contributed by atoms with E-state index in [1.54, 1.807) is 0 Å². The molecule has 1 aliphatic heterocycles. The first kappa shape index (κ1) is 21.4. The molecule has 23 heavy (non-hydrogen) atoms. The van der Waals surface area contributed by atoms with Gasteiger partial charge in [0.25, 0.3) is 0 Å². The second kappa shape index (κ2) is 7.72. The standard InChI is InChI=1S/C9H21O11P3/c1-4-8-6(2)7(3)9(18-8)5-17-22(13,14)20-23(15,16)19-21(10,11)12/h6-9H,4-5H2,1-3H3,(H,13,14)(H,15,16)(H2,10,11,12)/t6-,7?,8-,9+/m0/s1. The van der Waals surface area contributed by atoms with Gasteiger partial charge in [-0.25, -0.2) is 13.7 Å². The van der Waals surface area contributed by atoms with Gasteiger partial charge >= 0.3 is 23.5 Å². The molecule has 138 valence electrons. The number of ether oxygens (including phenoxy) is 1. The molecule has 3 unspecified atom stereocenters. The van der Waals surface area contributed by atoms with E-state index < -0.39 is 36.2 Å². The maximum Gasteiger partial charge on any atom is 0.490 e. The number of rotatable bonds is 8. The highest BCUT2D eigenvalue weighted by Gasteiger charge is 2.43. The summed E-state index contributed by atoms with van der Waals surface area (Å²) in [5.41, 5.74) is 0. The largest absolute Gasteiger partial charge is 0.490 e. The van der Waals surface area contributed by atoms with Gasteiger partial charge in [-0.3, -0.25) is 4.52 Å². The molecule has 0 aromatic carbocycles. The first-order chi connectivity index (χ1) is 10.3. The lowest BCUT2D eigenvalue weighted by Gasteiger charge is -2.19. The molecule has 6 atom stereocenters. The summed E-state index contributed by atoms with van der Waals surface area (Å²) in [5, 5.41) is 0. The van der Waals surface area contributed by atoms with Crippen molar-refractivity contribution in [2.45, 2.75) is 39.4 Å². The predicted octanol–water partition coefficient (Wildman–Crippen LogP) is 1.78. The zero-order chi connectivity index (χ0) is 18.1. The summed E-state index contributed by atoms with van der Waals surface area (Å²) in [6.07, 6.45) is 0.177. The van der Waals surface area contributed by atoms with E-state index in [-0.39, 0.29) is 17.9 Å². The van der Waals surface area contributed by atoms with Gasteiger partial charge in [-0.15, -0.1) is 0 Å². The van der Waals surface area contributed by atoms with Gasteiger partial charge in [0.2, 0.25) is 0 Å². The molecular formula is C9H21O11P3. The quantitative estimate of drug-likeness (QED) is 0.440. The lowest BCUT2D eigenvalue weighted by molar-refractivity contribution is -0.00263. The monoisotopic (exact) mass is 398 g/mol. The van der Waals surface area contributed by atoms with E-state index in [4.69, 9.17) is 19.4 Å². The normalized spacial score (nSPS) is 34.0. The third-order valence-electron chi connectivity index (χ3n) is 3.57. The van der Waals surface area contributed by atoms with Crippen LogP contribution < -0.4 is 0 Å². The average Bonchev–Trinajstić information content (AvgIpc) is 2.59. The van der Waals surface area contributed by atoms with Crippen LogP contribution in [0.25, 0.3) is 0 Å². The second-order valence-electron chi connectivity index (χ2n) is 5.23. The highest BCUT2D eigenvalue weighted by Crippen LogP contribution is 2.66. The van der Waals surface area contributed by atoms with Crippen molar-refractivity contribution in [3.8, 4) is 0 Å². The van der Waals surface area contributed by atoms with Gasteiger partial charge in [0.15, 0.2) is 0 Å². The molecule has 14 heteroatoms. The molecule has 0 aromatic heterocycles. The minimum absolute atomic E-state index is 0.00670. The van der Waals surface area contributed by atoms with Crippen LogP contribution in [0.4, 0.5) is 0 Å². The van der Waals surface area contributed by atoms with Gasteiger partial charge in [-0.05, 0) is 18.3 Å². The van der Waals surface area contributed by atoms with Crippen LogP contribution >= 0.6 is 23.5 Å². The molecule has 0 bridgehead atoms. The Morgan fingerprint density at radius 2 is 1.43 bits per heavy atom. The van der Waals surface area contributed by atoms with Crippen LogP contribution in [0.15, 0.2) is 0 Å². The first-order valence-corrected chi connectivity index (χ1v) is 11.2. The molecule has 0 aliphatic carbocycles. The van der Waals surface area contributed by atoms with Crippen molar-refractivity contribution in [2.24, 2.45) is 11.8 Å². The van der Waals surface area contributed by atoms with Crippen LogP contribution in [-0.4, -0.2) is 38.4 Å². The van der Waals surface area contributed by atoms with Crippen molar-refractivity contribution in [1.29, 1.82) is 0 Å². The summed E-state index contributed by atoms with van der Waals surface area (Å²) in [7, 11) is -16.0. The summed E-state index contributed by atoms with van der Waals surface area (Å²) < 4.78 is 50.7. The number of phosphoric acid groups is 3. The first-order valence-electron chi connectivity index (χ1n) is 6.70. The van der Waals surface area contributed by atoms with Crippen LogP contribution in [0.3, 0.4) is 0 Å². The third-order valence-corrected chi connectivity index (χ3v) is 7.37. The van der Waals surface area contributed by atoms with E-state index in [9.17, 15) is 18.6 Å². The van der Waals surface area contributed by atoms with Crippen LogP contribution in [0, 0.1) is 11.8 Å². The Bertz CT molecular complexity index is 545. The number of hydrogen-bond acceptors (Lipinski definition) is 7. The second-order valence-corrected chi connectivity index (χ2v) is 9.65. The molecule has 11 nitrogen and oxygen atoms in total. The summed E-state index contributed by atoms with van der Waals surface area (Å²) in [4.78, 5) is 35.2. The van der Waals surface area contributed by atoms with Gasteiger partial charge in [0.05, 0.1) is 18.8 Å². The zero-order valence-electron chi connectivity index (χ0n) is 12.7. The van der Waals surface area contributed by atoms with Crippen LogP contribution in [0.1, 0.15) is 27.2 Å². The number of hydrogen-bond donors (Lipinski definition) is 4. The SMILES string of the molecule is CC[C@@H]1O[C@H](COP(=O)(O)OP(=O)(O)OP(=O)(O)O)C(C)[C@@H]1C. The van der Waals surface area contributed by atoms with E-state index in [1.165, 1.54) is 0 Å². The highest BCUT2D eigenvalue weighted by atomic mass is 31.3. The van der Waals surface area contributed by atoms with Crippen molar-refractivity contribution < 1.29 is 51.2 Å². The van der Waals surface area contributed by atoms with Gasteiger partial charge in [-0.2, -0.15) is 8.62 Å². The van der Waals surface area contributed by atoms with Gasteiger partial charge < -0.3 is 24.3 Å². The molecule has 1 fully saturated rings. The molecule has 1 saturated heterocycles. The van der Waals surface area contributed by atoms with E-state index in [0.717, 1.165) is 6.42 Å². The Morgan fingerprint density at radius 1 is 0.913 bits per heavy atom. The van der Waals surface area contributed by atoms with Crippen molar-refractivity contribution >= 4 is 23.5 Å². The Kier molecular flexibility index (Phi) is 7.19. The summed E-state index contributed by atoms with van der Waals surface area (Å²) in [6.45, 7) is 5.36. The fourth-order valence-corrected chi connectivity index (χ4v) is 5.31. The van der Waals surface area contributed by atoms with Gasteiger partial charge in [0.1, 0.15) is 0 Å². The van der Waals surface area contributed by atoms with Crippen LogP contribution in [0.2, 0.25) is 0 Å². The van der Waals surface area contributed by atoms with Gasteiger partial charge in [0, 0.05) is 0 Å². The Hall–Kier alpha value is 0.370. The minimum Gasteiger partial charge on any atom is -0.372 e. The van der Waals surface area contributed by atoms with Crippen molar-refractivity contribution in [1.82, 2.24) is 0 Å². The fourth-order valence-electron chi connectivity index (χ4n) is 2.28. The van der Waals surface area contributed by atoms with E-state index in [0.29, 0.717) is 0 Å². The highest BCUT2D eigenvalue weighted by molar-refractivity contribution is 7.66. The molecule has 1 heterocycles. The van der Waals surface area contributed by atoms with E-state index >= 15 is 0 Å². The molecular weight excluding hydrogens is 377 g/mol. The molecule has 0 saturated carbocycles. The fraction of sp³-hybridized carbons (Fsp3) is 1.00. The van der Waals surface area contributed by atoms with E-state index in [2.05, 4.69) is 13.1 Å². The lowest BCUT2D eigenvalue weighted by atomic mass is 9.90. The van der Waals surface area contributed by atoms with Crippen molar-refractivity contribution in [3.63, 3.8) is 0 Å². The maximum atomic E-state index is 11.6.